The number of hydrogen-bond acceptors (Lipinski definition) is 4. The van der Waals surface area contributed by atoms with Crippen molar-refractivity contribution in [3.05, 3.63) is 16.3 Å². The van der Waals surface area contributed by atoms with E-state index in [0.29, 0.717) is 11.7 Å². The van der Waals surface area contributed by atoms with Gasteiger partial charge in [0.25, 0.3) is 0 Å². The van der Waals surface area contributed by atoms with Gasteiger partial charge in [-0.2, -0.15) is 9.97 Å². The molecule has 1 saturated carbocycles. The third-order valence-corrected chi connectivity index (χ3v) is 1.63. The highest BCUT2D eigenvalue weighted by Gasteiger charge is 2.27. The summed E-state index contributed by atoms with van der Waals surface area (Å²) in [5.41, 5.74) is 4.92. The van der Waals surface area contributed by atoms with Crippen molar-refractivity contribution in [1.82, 2.24) is 15.0 Å². The van der Waals surface area contributed by atoms with Crippen LogP contribution in [-0.2, 0) is 0 Å². The van der Waals surface area contributed by atoms with Crippen molar-refractivity contribution in [2.75, 3.05) is 5.73 Å². The van der Waals surface area contributed by atoms with E-state index in [1.807, 2.05) is 0 Å². The van der Waals surface area contributed by atoms with Gasteiger partial charge in [-0.15, -0.1) is 0 Å². The maximum atomic E-state index is 10.8. The molecule has 3 N–H and O–H groups in total. The van der Waals surface area contributed by atoms with E-state index in [4.69, 9.17) is 5.73 Å². The number of nitrogens with zero attached hydrogens (tertiary/aromatic N) is 2. The second kappa shape index (κ2) is 2.05. The molecule has 1 aliphatic carbocycles. The number of anilines is 1. The van der Waals surface area contributed by atoms with E-state index in [9.17, 15) is 4.79 Å². The van der Waals surface area contributed by atoms with E-state index >= 15 is 0 Å². The van der Waals surface area contributed by atoms with Crippen molar-refractivity contribution in [3.63, 3.8) is 0 Å². The molecule has 5 nitrogen and oxygen atoms in total. The number of aromatic nitrogens is 3. The number of nitrogens with one attached hydrogen (secondary N) is 1. The second-order valence-corrected chi connectivity index (χ2v) is 2.67. The van der Waals surface area contributed by atoms with Crippen LogP contribution in [0.5, 0.6) is 0 Å². The van der Waals surface area contributed by atoms with E-state index in [1.165, 1.54) is 0 Å². The first-order valence-electron chi connectivity index (χ1n) is 3.49. The molecule has 0 bridgehead atoms. The maximum Gasteiger partial charge on any atom is 0.349 e. The number of nitrogen functional groups attached to an aromatic ring is 1. The summed E-state index contributed by atoms with van der Waals surface area (Å²) in [5, 5.41) is 0. The Bertz CT molecular complexity index is 328. The minimum absolute atomic E-state index is 0.159. The van der Waals surface area contributed by atoms with E-state index < -0.39 is 5.69 Å². The van der Waals surface area contributed by atoms with E-state index in [0.717, 1.165) is 12.8 Å². The summed E-state index contributed by atoms with van der Waals surface area (Å²) >= 11 is 0. The predicted molar refractivity (Wildman–Crippen MR) is 39.0 cm³/mol. The molecule has 1 aromatic rings. The minimum atomic E-state index is -0.403. The molecule has 0 aliphatic heterocycles. The van der Waals surface area contributed by atoms with Gasteiger partial charge in [0.1, 0.15) is 5.82 Å². The second-order valence-electron chi connectivity index (χ2n) is 2.67. The van der Waals surface area contributed by atoms with Gasteiger partial charge in [0.05, 0.1) is 0 Å². The Morgan fingerprint density at radius 1 is 1.45 bits per heavy atom. The van der Waals surface area contributed by atoms with Gasteiger partial charge in [-0.3, -0.25) is 4.98 Å². The van der Waals surface area contributed by atoms with Crippen molar-refractivity contribution in [3.8, 4) is 0 Å². The van der Waals surface area contributed by atoms with Crippen LogP contribution in [-0.4, -0.2) is 15.0 Å². The van der Waals surface area contributed by atoms with Crippen LogP contribution >= 0.6 is 0 Å². The van der Waals surface area contributed by atoms with Crippen LogP contribution in [0.3, 0.4) is 0 Å². The largest absolute Gasteiger partial charge is 0.369 e. The molecule has 1 fully saturated rings. The lowest BCUT2D eigenvalue weighted by atomic mass is 10.4. The van der Waals surface area contributed by atoms with Gasteiger partial charge in [0, 0.05) is 5.92 Å². The Balaban J connectivity index is 2.47. The Morgan fingerprint density at radius 2 is 2.18 bits per heavy atom. The first-order chi connectivity index (χ1) is 5.25. The first-order valence-corrected chi connectivity index (χ1v) is 3.49. The van der Waals surface area contributed by atoms with Crippen LogP contribution in [0.4, 0.5) is 5.95 Å². The van der Waals surface area contributed by atoms with E-state index in [-0.39, 0.29) is 5.95 Å². The van der Waals surface area contributed by atoms with Gasteiger partial charge in [-0.05, 0) is 12.8 Å². The van der Waals surface area contributed by atoms with Crippen LogP contribution in [0.15, 0.2) is 4.79 Å². The fraction of sp³-hybridized carbons (Fsp3) is 0.500. The molecule has 5 heteroatoms. The van der Waals surface area contributed by atoms with Crippen molar-refractivity contribution >= 4 is 5.95 Å². The van der Waals surface area contributed by atoms with Gasteiger partial charge in [0.15, 0.2) is 0 Å². The molecule has 58 valence electrons. The summed E-state index contributed by atoms with van der Waals surface area (Å²) in [4.78, 5) is 20.7. The van der Waals surface area contributed by atoms with Crippen molar-refractivity contribution in [2.24, 2.45) is 0 Å². The van der Waals surface area contributed by atoms with Gasteiger partial charge in [0.2, 0.25) is 5.95 Å². The van der Waals surface area contributed by atoms with Gasteiger partial charge < -0.3 is 5.73 Å². The molecule has 0 spiro atoms. The molecule has 1 heterocycles. The third kappa shape index (κ3) is 1.21. The van der Waals surface area contributed by atoms with Gasteiger partial charge in [-0.25, -0.2) is 4.79 Å². The van der Waals surface area contributed by atoms with Crippen LogP contribution in [0.2, 0.25) is 0 Å². The molecule has 0 aromatic carbocycles. The Hall–Kier alpha value is -1.39. The Labute approximate surface area is 62.7 Å². The fourth-order valence-corrected chi connectivity index (χ4v) is 0.942. The average molecular weight is 152 g/mol. The smallest absolute Gasteiger partial charge is 0.349 e. The van der Waals surface area contributed by atoms with Crippen molar-refractivity contribution < 1.29 is 0 Å². The molecule has 1 aromatic heterocycles. The summed E-state index contributed by atoms with van der Waals surface area (Å²) in [7, 11) is 0. The quantitative estimate of drug-likeness (QED) is 0.574. The first kappa shape index (κ1) is 6.33. The zero-order chi connectivity index (χ0) is 7.84. The van der Waals surface area contributed by atoms with E-state index in [2.05, 4.69) is 15.0 Å². The highest BCUT2D eigenvalue weighted by atomic mass is 16.1. The molecule has 0 unspecified atom stereocenters. The summed E-state index contributed by atoms with van der Waals surface area (Å²) in [6, 6.07) is 0. The van der Waals surface area contributed by atoms with Gasteiger partial charge in [-0.1, -0.05) is 0 Å². The summed E-state index contributed by atoms with van der Waals surface area (Å²) < 4.78 is 0. The van der Waals surface area contributed by atoms with E-state index in [1.54, 1.807) is 0 Å². The lowest BCUT2D eigenvalue weighted by Gasteiger charge is -1.94. The Kier molecular flexibility index (Phi) is 1.18. The van der Waals surface area contributed by atoms with Crippen LogP contribution in [0.25, 0.3) is 0 Å². The lowest BCUT2D eigenvalue weighted by molar-refractivity contribution is 0.866. The number of aromatic amines is 1. The average Bonchev–Trinajstić information content (AvgIpc) is 2.64. The zero-order valence-electron chi connectivity index (χ0n) is 5.87. The summed E-state index contributed by atoms with van der Waals surface area (Å²) in [6.07, 6.45) is 2.14. The maximum absolute atomic E-state index is 10.8. The van der Waals surface area contributed by atoms with Crippen LogP contribution < -0.4 is 11.4 Å². The molecule has 0 saturated heterocycles. The molecule has 0 amide bonds. The number of rotatable bonds is 1. The molecular formula is C6H8N4O. The zero-order valence-corrected chi connectivity index (χ0v) is 5.87. The number of nitrogens with two attached hydrogens (primary N) is 1. The number of H-pyrrole nitrogens is 1. The summed E-state index contributed by atoms with van der Waals surface area (Å²) in [6.45, 7) is 0. The molecule has 11 heavy (non-hydrogen) atoms. The highest BCUT2D eigenvalue weighted by Crippen LogP contribution is 2.37. The fourth-order valence-electron chi connectivity index (χ4n) is 0.942. The Morgan fingerprint density at radius 3 is 2.73 bits per heavy atom. The number of hydrogen-bond donors (Lipinski definition) is 2. The molecule has 0 radical (unpaired) electrons. The molecule has 0 atom stereocenters. The molecular weight excluding hydrogens is 144 g/mol. The highest BCUT2D eigenvalue weighted by molar-refractivity contribution is 5.16. The molecule has 2 rings (SSSR count). The minimum Gasteiger partial charge on any atom is -0.369 e. The van der Waals surface area contributed by atoms with Crippen LogP contribution in [0.1, 0.15) is 24.6 Å². The standard InChI is InChI=1S/C6H8N4O/c7-5-8-4(3-1-2-3)9-6(11)10-5/h3H,1-2H2,(H3,7,8,9,10,11). The summed E-state index contributed by atoms with van der Waals surface area (Å²) in [5.74, 6) is 1.12. The van der Waals surface area contributed by atoms with Gasteiger partial charge >= 0.3 is 5.69 Å². The van der Waals surface area contributed by atoms with Crippen molar-refractivity contribution in [2.45, 2.75) is 18.8 Å². The van der Waals surface area contributed by atoms with Crippen LogP contribution in [0, 0.1) is 0 Å². The predicted octanol–water partition coefficient (Wildman–Crippen LogP) is -0.376. The topological polar surface area (TPSA) is 84.7 Å². The third-order valence-electron chi connectivity index (χ3n) is 1.63. The monoisotopic (exact) mass is 152 g/mol. The normalized spacial score (nSPS) is 16.7. The lowest BCUT2D eigenvalue weighted by Crippen LogP contribution is -2.16. The molecule has 1 aliphatic rings. The van der Waals surface area contributed by atoms with Crippen molar-refractivity contribution in [1.29, 1.82) is 0 Å². The SMILES string of the molecule is Nc1nc(C2CC2)nc(=O)[nH]1.